The molecule has 0 saturated heterocycles. The molecule has 5 heteroatoms. The summed E-state index contributed by atoms with van der Waals surface area (Å²) in [7, 11) is 0. The van der Waals surface area contributed by atoms with Crippen molar-refractivity contribution in [1.82, 2.24) is 14.8 Å². The average Bonchev–Trinajstić information content (AvgIpc) is 2.91. The van der Waals surface area contributed by atoms with Crippen molar-refractivity contribution in [2.45, 2.75) is 13.3 Å². The third-order valence-corrected chi connectivity index (χ3v) is 3.42. The highest BCUT2D eigenvalue weighted by Crippen LogP contribution is 2.30. The van der Waals surface area contributed by atoms with Gasteiger partial charge in [-0.05, 0) is 30.8 Å². The van der Waals surface area contributed by atoms with Crippen molar-refractivity contribution in [1.29, 1.82) is 0 Å². The second-order valence-corrected chi connectivity index (χ2v) is 4.90. The summed E-state index contributed by atoms with van der Waals surface area (Å²) in [5.74, 6) is 0.904. The first kappa shape index (κ1) is 12.9. The molecule has 20 heavy (non-hydrogen) atoms. The van der Waals surface area contributed by atoms with Gasteiger partial charge < -0.3 is 4.74 Å². The van der Waals surface area contributed by atoms with Gasteiger partial charge in [0.2, 0.25) is 0 Å². The minimum atomic E-state index is 0.581. The number of ether oxygens (including phenoxy) is 1. The summed E-state index contributed by atoms with van der Waals surface area (Å²) in [6.45, 7) is 2.82. The lowest BCUT2D eigenvalue weighted by Crippen LogP contribution is -1.98. The number of fused-ring (bicyclic) bond motifs is 1. The molecule has 4 nitrogen and oxygen atoms in total. The molecule has 0 aliphatic rings. The van der Waals surface area contributed by atoms with E-state index in [0.717, 1.165) is 28.6 Å². The molecule has 3 aromatic rings. The third-order valence-electron chi connectivity index (χ3n) is 3.13. The molecule has 1 N–H and O–H groups in total. The normalized spacial score (nSPS) is 10.8. The second kappa shape index (κ2) is 5.46. The van der Waals surface area contributed by atoms with Crippen LogP contribution in [0.25, 0.3) is 16.5 Å². The van der Waals surface area contributed by atoms with Crippen LogP contribution in [0, 0.1) is 4.77 Å². The fourth-order valence-corrected chi connectivity index (χ4v) is 2.42. The molecule has 0 atom stereocenters. The van der Waals surface area contributed by atoms with Gasteiger partial charge in [0.15, 0.2) is 4.77 Å². The summed E-state index contributed by atoms with van der Waals surface area (Å²) in [5.41, 5.74) is 1.00. The van der Waals surface area contributed by atoms with E-state index >= 15 is 0 Å². The molecule has 102 valence electrons. The van der Waals surface area contributed by atoms with Crippen LogP contribution in [0.3, 0.4) is 0 Å². The van der Waals surface area contributed by atoms with E-state index in [1.54, 1.807) is 6.33 Å². The quantitative estimate of drug-likeness (QED) is 0.740. The maximum Gasteiger partial charge on any atom is 0.199 e. The zero-order chi connectivity index (χ0) is 13.9. The van der Waals surface area contributed by atoms with E-state index in [-0.39, 0.29) is 0 Å². The number of nitrogens with zero attached hydrogens (tertiary/aromatic N) is 2. The number of benzene rings is 2. The van der Waals surface area contributed by atoms with E-state index < -0.39 is 0 Å². The maximum absolute atomic E-state index is 5.81. The Hall–Kier alpha value is -2.14. The van der Waals surface area contributed by atoms with E-state index in [1.807, 2.05) is 28.8 Å². The zero-order valence-corrected chi connectivity index (χ0v) is 12.0. The highest BCUT2D eigenvalue weighted by atomic mass is 32.1. The van der Waals surface area contributed by atoms with Crippen molar-refractivity contribution < 1.29 is 4.74 Å². The van der Waals surface area contributed by atoms with E-state index in [1.165, 1.54) is 0 Å². The smallest absolute Gasteiger partial charge is 0.199 e. The van der Waals surface area contributed by atoms with Crippen LogP contribution in [0.2, 0.25) is 0 Å². The van der Waals surface area contributed by atoms with E-state index in [0.29, 0.717) is 11.4 Å². The molecule has 0 spiro atoms. The number of aromatic amines is 1. The second-order valence-electron chi connectivity index (χ2n) is 4.51. The van der Waals surface area contributed by atoms with E-state index in [2.05, 4.69) is 29.3 Å². The number of hydrogen-bond acceptors (Lipinski definition) is 3. The van der Waals surface area contributed by atoms with Gasteiger partial charge in [0, 0.05) is 10.8 Å². The Bertz CT molecular complexity index is 791. The van der Waals surface area contributed by atoms with Crippen molar-refractivity contribution in [3.63, 3.8) is 0 Å². The molecule has 0 saturated carbocycles. The number of rotatable bonds is 4. The van der Waals surface area contributed by atoms with Crippen molar-refractivity contribution in [3.8, 4) is 11.4 Å². The van der Waals surface area contributed by atoms with Crippen LogP contribution in [0.5, 0.6) is 5.75 Å². The Balaban J connectivity index is 2.21. The highest BCUT2D eigenvalue weighted by Gasteiger charge is 2.08. The largest absolute Gasteiger partial charge is 0.493 e. The van der Waals surface area contributed by atoms with Crippen LogP contribution in [-0.2, 0) is 0 Å². The summed E-state index contributed by atoms with van der Waals surface area (Å²) in [6, 6.07) is 12.2. The Morgan fingerprint density at radius 2 is 2.00 bits per heavy atom. The molecule has 0 fully saturated rings. The summed E-state index contributed by atoms with van der Waals surface area (Å²) < 4.78 is 8.26. The average molecular weight is 285 g/mol. The van der Waals surface area contributed by atoms with Crippen molar-refractivity contribution in [2.75, 3.05) is 6.61 Å². The minimum absolute atomic E-state index is 0.581. The predicted octanol–water partition coefficient (Wildman–Crippen LogP) is 3.87. The molecule has 2 aromatic carbocycles. The van der Waals surface area contributed by atoms with E-state index in [9.17, 15) is 0 Å². The molecule has 0 aliphatic heterocycles. The van der Waals surface area contributed by atoms with Crippen LogP contribution in [-0.4, -0.2) is 21.4 Å². The van der Waals surface area contributed by atoms with Gasteiger partial charge in [-0.3, -0.25) is 9.67 Å². The summed E-state index contributed by atoms with van der Waals surface area (Å²) >= 11 is 5.25. The van der Waals surface area contributed by atoms with Gasteiger partial charge in [-0.15, -0.1) is 0 Å². The monoisotopic (exact) mass is 285 g/mol. The van der Waals surface area contributed by atoms with Gasteiger partial charge in [0.1, 0.15) is 12.1 Å². The number of hydrogen-bond donors (Lipinski definition) is 1. The summed E-state index contributed by atoms with van der Waals surface area (Å²) in [4.78, 5) is 0. The fraction of sp³-hybridized carbons (Fsp3) is 0.200. The molecule has 1 heterocycles. The van der Waals surface area contributed by atoms with Gasteiger partial charge in [-0.2, -0.15) is 5.10 Å². The number of nitrogens with one attached hydrogen (secondary N) is 1. The van der Waals surface area contributed by atoms with Crippen LogP contribution >= 0.6 is 12.2 Å². The Labute approximate surface area is 122 Å². The minimum Gasteiger partial charge on any atom is -0.493 e. The topological polar surface area (TPSA) is 42.8 Å². The molecule has 3 rings (SSSR count). The van der Waals surface area contributed by atoms with Crippen LogP contribution < -0.4 is 4.74 Å². The third kappa shape index (κ3) is 2.20. The first-order valence-electron chi connectivity index (χ1n) is 6.58. The summed E-state index contributed by atoms with van der Waals surface area (Å²) in [6.07, 6.45) is 2.68. The van der Waals surface area contributed by atoms with Gasteiger partial charge >= 0.3 is 0 Å². The molecule has 0 unspecified atom stereocenters. The fourth-order valence-electron chi connectivity index (χ4n) is 2.22. The van der Waals surface area contributed by atoms with Crippen LogP contribution in [0.1, 0.15) is 13.3 Å². The van der Waals surface area contributed by atoms with Gasteiger partial charge in [-0.25, -0.2) is 0 Å². The number of H-pyrrole nitrogens is 1. The molecular weight excluding hydrogens is 270 g/mol. The Morgan fingerprint density at radius 1 is 1.20 bits per heavy atom. The lowest BCUT2D eigenvalue weighted by Gasteiger charge is -2.12. The molecule has 0 amide bonds. The lowest BCUT2D eigenvalue weighted by atomic mass is 10.1. The lowest BCUT2D eigenvalue weighted by molar-refractivity contribution is 0.321. The molecule has 0 radical (unpaired) electrons. The number of aromatic nitrogens is 3. The molecule has 1 aromatic heterocycles. The summed E-state index contributed by atoms with van der Waals surface area (Å²) in [5, 5.41) is 8.94. The predicted molar refractivity (Wildman–Crippen MR) is 82.0 cm³/mol. The zero-order valence-electron chi connectivity index (χ0n) is 11.2. The standard InChI is InChI=1S/C15H15N3OS/c1-2-9-19-14-8-7-13(18-10-16-17-15(18)20)11-5-3-4-6-12(11)14/h3-8,10H,2,9H2,1H3,(H,17,20). The van der Waals surface area contributed by atoms with Crippen molar-refractivity contribution in [3.05, 3.63) is 47.5 Å². The van der Waals surface area contributed by atoms with Crippen LogP contribution in [0.15, 0.2) is 42.7 Å². The Morgan fingerprint density at radius 3 is 2.70 bits per heavy atom. The molecular formula is C15H15N3OS. The Kier molecular flexibility index (Phi) is 3.52. The van der Waals surface area contributed by atoms with Gasteiger partial charge in [0.25, 0.3) is 0 Å². The molecule has 0 bridgehead atoms. The van der Waals surface area contributed by atoms with Gasteiger partial charge in [-0.1, -0.05) is 31.2 Å². The maximum atomic E-state index is 5.81. The first-order chi connectivity index (χ1) is 9.81. The van der Waals surface area contributed by atoms with Crippen molar-refractivity contribution >= 4 is 23.0 Å². The highest BCUT2D eigenvalue weighted by molar-refractivity contribution is 7.71. The van der Waals surface area contributed by atoms with Crippen LogP contribution in [0.4, 0.5) is 0 Å². The SMILES string of the molecule is CCCOc1ccc(-n2cn[nH]c2=S)c2ccccc12. The van der Waals surface area contributed by atoms with E-state index in [4.69, 9.17) is 17.0 Å². The first-order valence-corrected chi connectivity index (χ1v) is 6.99. The van der Waals surface area contributed by atoms with Crippen molar-refractivity contribution in [2.24, 2.45) is 0 Å². The van der Waals surface area contributed by atoms with Gasteiger partial charge in [0.05, 0.1) is 12.3 Å². The molecule has 0 aliphatic carbocycles.